The molecule has 1 aromatic carbocycles. The molecule has 120 valence electrons. The second-order valence-electron chi connectivity index (χ2n) is 6.40. The number of piperidine rings is 1. The lowest BCUT2D eigenvalue weighted by atomic mass is 10.0. The molecule has 0 radical (unpaired) electrons. The van der Waals surface area contributed by atoms with Crippen molar-refractivity contribution in [2.24, 2.45) is 0 Å². The molecule has 1 unspecified atom stereocenters. The number of nitrogens with zero attached hydrogens (tertiary/aromatic N) is 2. The Morgan fingerprint density at radius 2 is 1.96 bits per heavy atom. The second kappa shape index (κ2) is 5.37. The van der Waals surface area contributed by atoms with E-state index in [0.717, 1.165) is 36.1 Å². The average molecular weight is 313 g/mol. The zero-order chi connectivity index (χ0) is 16.0. The van der Waals surface area contributed by atoms with Gasteiger partial charge in [0.05, 0.1) is 6.04 Å². The Balaban J connectivity index is 1.52. The van der Waals surface area contributed by atoms with Gasteiger partial charge in [0.2, 0.25) is 0 Å². The number of rotatable bonds is 1. The zero-order valence-corrected chi connectivity index (χ0v) is 12.8. The summed E-state index contributed by atoms with van der Waals surface area (Å²) in [5, 5.41) is 2.87. The zero-order valence-electron chi connectivity index (χ0n) is 12.8. The van der Waals surface area contributed by atoms with Gasteiger partial charge in [-0.15, -0.1) is 0 Å². The van der Waals surface area contributed by atoms with E-state index in [0.29, 0.717) is 13.0 Å². The van der Waals surface area contributed by atoms with Crippen LogP contribution in [0.2, 0.25) is 0 Å². The molecule has 0 spiro atoms. The van der Waals surface area contributed by atoms with E-state index in [1.165, 1.54) is 10.5 Å². The Morgan fingerprint density at radius 1 is 1.13 bits per heavy atom. The largest absolute Gasteiger partial charge is 0.335 e. The monoisotopic (exact) mass is 313 g/mol. The predicted octanol–water partition coefficient (Wildman–Crippen LogP) is 2.20. The molecule has 1 aliphatic carbocycles. The normalized spacial score (nSPS) is 26.3. The molecule has 5 amide bonds. The van der Waals surface area contributed by atoms with E-state index >= 15 is 0 Å². The molecule has 23 heavy (non-hydrogen) atoms. The molecule has 6 heteroatoms. The molecule has 1 aromatic rings. The molecule has 2 aliphatic heterocycles. The van der Waals surface area contributed by atoms with Gasteiger partial charge in [-0.05, 0) is 43.2 Å². The van der Waals surface area contributed by atoms with Crippen LogP contribution >= 0.6 is 0 Å². The Hall–Kier alpha value is -2.37. The van der Waals surface area contributed by atoms with Crippen molar-refractivity contribution in [3.8, 4) is 0 Å². The maximum absolute atomic E-state index is 12.5. The topological polar surface area (TPSA) is 69.7 Å². The Morgan fingerprint density at radius 3 is 2.78 bits per heavy atom. The summed E-state index contributed by atoms with van der Waals surface area (Å²) < 4.78 is 0. The molecule has 3 aliphatic rings. The first-order valence-corrected chi connectivity index (χ1v) is 8.19. The lowest BCUT2D eigenvalue weighted by molar-refractivity contribution is -0.126. The van der Waals surface area contributed by atoms with Gasteiger partial charge in [-0.25, -0.2) is 9.59 Å². The van der Waals surface area contributed by atoms with Gasteiger partial charge >= 0.3 is 12.1 Å². The van der Waals surface area contributed by atoms with E-state index in [9.17, 15) is 14.4 Å². The van der Waals surface area contributed by atoms with Gasteiger partial charge in [0.1, 0.15) is 6.04 Å². The maximum atomic E-state index is 12.5. The molecule has 0 aromatic heterocycles. The number of benzene rings is 1. The summed E-state index contributed by atoms with van der Waals surface area (Å²) in [5.41, 5.74) is 2.30. The minimum Gasteiger partial charge on any atom is -0.330 e. The van der Waals surface area contributed by atoms with Crippen LogP contribution in [0.1, 0.15) is 42.9 Å². The third-order valence-corrected chi connectivity index (χ3v) is 5.08. The van der Waals surface area contributed by atoms with Crippen LogP contribution in [0.15, 0.2) is 24.3 Å². The molecule has 2 atom stereocenters. The number of nitrogens with one attached hydrogen (secondary N) is 1. The fourth-order valence-corrected chi connectivity index (χ4v) is 3.90. The molecule has 2 heterocycles. The van der Waals surface area contributed by atoms with Gasteiger partial charge in [0, 0.05) is 6.54 Å². The summed E-state index contributed by atoms with van der Waals surface area (Å²) in [4.78, 5) is 39.7. The summed E-state index contributed by atoms with van der Waals surface area (Å²) >= 11 is 0. The highest BCUT2D eigenvalue weighted by atomic mass is 16.2. The molecule has 0 bridgehead atoms. The summed E-state index contributed by atoms with van der Waals surface area (Å²) in [5.74, 6) is -0.376. The third-order valence-electron chi connectivity index (χ3n) is 5.08. The smallest absolute Gasteiger partial charge is 0.330 e. The first kappa shape index (κ1) is 14.2. The Labute approximate surface area is 134 Å². The van der Waals surface area contributed by atoms with Crippen LogP contribution in [-0.2, 0) is 11.2 Å². The van der Waals surface area contributed by atoms with Crippen LogP contribution in [0.3, 0.4) is 0 Å². The van der Waals surface area contributed by atoms with Gasteiger partial charge in [0.25, 0.3) is 5.91 Å². The Bertz CT molecular complexity index is 663. The Kier molecular flexibility index (Phi) is 3.32. The van der Waals surface area contributed by atoms with Gasteiger partial charge in [-0.1, -0.05) is 24.3 Å². The first-order chi connectivity index (χ1) is 11.2. The van der Waals surface area contributed by atoms with Crippen molar-refractivity contribution in [2.45, 2.75) is 44.2 Å². The van der Waals surface area contributed by atoms with Crippen LogP contribution in [0.5, 0.6) is 0 Å². The summed E-state index contributed by atoms with van der Waals surface area (Å²) in [6, 6.07) is 6.33. The molecule has 1 N–H and O–H groups in total. The third kappa shape index (κ3) is 2.20. The highest BCUT2D eigenvalue weighted by Gasteiger charge is 2.49. The van der Waals surface area contributed by atoms with Crippen molar-refractivity contribution in [3.63, 3.8) is 0 Å². The van der Waals surface area contributed by atoms with Crippen molar-refractivity contribution in [1.82, 2.24) is 15.1 Å². The number of carbonyl (C=O) groups excluding carboxylic acids is 3. The summed E-state index contributed by atoms with van der Waals surface area (Å²) in [6.07, 6.45) is 4.17. The molecular formula is C17H19N3O3. The van der Waals surface area contributed by atoms with Gasteiger partial charge in [-0.2, -0.15) is 4.90 Å². The van der Waals surface area contributed by atoms with Crippen LogP contribution in [0.4, 0.5) is 9.59 Å². The number of amides is 5. The molecular weight excluding hydrogens is 294 g/mol. The second-order valence-corrected chi connectivity index (χ2v) is 6.40. The molecule has 6 nitrogen and oxygen atoms in total. The number of carbonyl (C=O) groups is 3. The number of hydrogen-bond donors (Lipinski definition) is 1. The summed E-state index contributed by atoms with van der Waals surface area (Å²) in [6.45, 7) is 0.561. The van der Waals surface area contributed by atoms with Crippen LogP contribution < -0.4 is 5.32 Å². The van der Waals surface area contributed by atoms with E-state index in [1.807, 2.05) is 24.3 Å². The lowest BCUT2D eigenvalue weighted by Gasteiger charge is -2.25. The highest BCUT2D eigenvalue weighted by Crippen LogP contribution is 2.32. The van der Waals surface area contributed by atoms with Gasteiger partial charge < -0.3 is 10.2 Å². The van der Waals surface area contributed by atoms with E-state index in [2.05, 4.69) is 5.32 Å². The molecule has 0 saturated carbocycles. The van der Waals surface area contributed by atoms with Crippen LogP contribution in [0.25, 0.3) is 0 Å². The maximum Gasteiger partial charge on any atom is 0.335 e. The first-order valence-electron chi connectivity index (χ1n) is 8.19. The van der Waals surface area contributed by atoms with Gasteiger partial charge in [-0.3, -0.25) is 4.79 Å². The minimum atomic E-state index is -0.587. The fraction of sp³-hybridized carbons (Fsp3) is 0.471. The molecule has 2 fully saturated rings. The van der Waals surface area contributed by atoms with E-state index in [-0.39, 0.29) is 11.9 Å². The molecule has 2 saturated heterocycles. The van der Waals surface area contributed by atoms with Crippen molar-refractivity contribution in [2.75, 3.05) is 6.54 Å². The van der Waals surface area contributed by atoms with E-state index < -0.39 is 18.1 Å². The van der Waals surface area contributed by atoms with Crippen LogP contribution in [0, 0.1) is 0 Å². The SMILES string of the molecule is O=C(N[C@H]1CCc2ccccc21)N1C(=O)C2CCCCN2C1=O. The summed E-state index contributed by atoms with van der Waals surface area (Å²) in [7, 11) is 0. The minimum absolute atomic E-state index is 0.128. The average Bonchev–Trinajstić information content (AvgIpc) is 3.08. The number of imide groups is 3. The van der Waals surface area contributed by atoms with Crippen molar-refractivity contribution < 1.29 is 14.4 Å². The number of urea groups is 2. The number of aryl methyl sites for hydroxylation is 1. The quantitative estimate of drug-likeness (QED) is 0.808. The number of fused-ring (bicyclic) bond motifs is 2. The molecule has 4 rings (SSSR count). The van der Waals surface area contributed by atoms with Gasteiger partial charge in [0.15, 0.2) is 0 Å². The van der Waals surface area contributed by atoms with Crippen molar-refractivity contribution in [1.29, 1.82) is 0 Å². The fourth-order valence-electron chi connectivity index (χ4n) is 3.90. The highest BCUT2D eigenvalue weighted by molar-refractivity contribution is 6.16. The predicted molar refractivity (Wildman–Crippen MR) is 82.6 cm³/mol. The van der Waals surface area contributed by atoms with Crippen molar-refractivity contribution >= 4 is 18.0 Å². The lowest BCUT2D eigenvalue weighted by Crippen LogP contribution is -2.45. The van der Waals surface area contributed by atoms with E-state index in [4.69, 9.17) is 0 Å². The number of hydrogen-bond acceptors (Lipinski definition) is 3. The van der Waals surface area contributed by atoms with Crippen molar-refractivity contribution in [3.05, 3.63) is 35.4 Å². The van der Waals surface area contributed by atoms with Crippen LogP contribution in [-0.4, -0.2) is 40.4 Å². The standard InChI is InChI=1S/C17H19N3O3/c21-15-14-7-3-4-10-19(14)17(23)20(15)16(22)18-13-9-8-11-5-1-2-6-12(11)13/h1-2,5-6,13-14H,3-4,7-10H2,(H,18,22)/t13-,14?/m0/s1. The van der Waals surface area contributed by atoms with E-state index in [1.54, 1.807) is 0 Å².